The average Bonchev–Trinajstić information content (AvgIpc) is 3.70. The van der Waals surface area contributed by atoms with Gasteiger partial charge >= 0.3 is 39.5 Å². The molecule has 0 radical (unpaired) electrons. The van der Waals surface area contributed by atoms with Gasteiger partial charge in [-0.25, -0.2) is 9.13 Å². The summed E-state index contributed by atoms with van der Waals surface area (Å²) in [6.45, 7) is 7.09. The highest BCUT2D eigenvalue weighted by Gasteiger charge is 2.30. The minimum absolute atomic E-state index is 0.0991. The summed E-state index contributed by atoms with van der Waals surface area (Å²) in [5.74, 6) is -1.33. The van der Waals surface area contributed by atoms with E-state index in [1.807, 2.05) is 0 Å². The predicted molar refractivity (Wildman–Crippen MR) is 354 cm³/mol. The molecule has 0 saturated carbocycles. The quantitative estimate of drug-likeness (QED) is 0.0222. The summed E-state index contributed by atoms with van der Waals surface area (Å²) >= 11 is 0. The number of hydrogen-bond donors (Lipinski definition) is 3. The third-order valence-corrected chi connectivity index (χ3v) is 17.9. The second-order valence-corrected chi connectivity index (χ2v) is 28.3. The Balaban J connectivity index is 5.04. The molecule has 0 fully saturated rings. The fourth-order valence-electron chi connectivity index (χ4n) is 10.5. The Morgan fingerprint density at radius 1 is 0.307 bits per heavy atom. The maximum Gasteiger partial charge on any atom is 0.472 e. The number of carbonyl (C=O) groups is 4. The van der Waals surface area contributed by atoms with Crippen LogP contribution in [0.2, 0.25) is 0 Å². The smallest absolute Gasteiger partial charge is 0.462 e. The van der Waals surface area contributed by atoms with E-state index in [0.717, 1.165) is 102 Å². The fourth-order valence-corrected chi connectivity index (χ4v) is 12.0. The lowest BCUT2D eigenvalue weighted by atomic mass is 10.0. The summed E-state index contributed by atoms with van der Waals surface area (Å²) in [6.07, 6.45) is 49.6. The van der Waals surface area contributed by atoms with Gasteiger partial charge in [0, 0.05) is 25.7 Å². The van der Waals surface area contributed by atoms with Crippen molar-refractivity contribution in [3.63, 3.8) is 0 Å². The minimum Gasteiger partial charge on any atom is -0.462 e. The van der Waals surface area contributed by atoms with Gasteiger partial charge in [-0.2, -0.15) is 0 Å². The summed E-state index contributed by atoms with van der Waals surface area (Å²) in [6, 6.07) is 0. The Labute approximate surface area is 537 Å². The molecule has 0 heterocycles. The molecule has 0 amide bonds. The molecule has 3 N–H and O–H groups in total. The van der Waals surface area contributed by atoms with Crippen LogP contribution >= 0.6 is 15.6 Å². The first kappa shape index (κ1) is 86.1. The maximum absolute atomic E-state index is 13.0. The van der Waals surface area contributed by atoms with Crippen molar-refractivity contribution in [2.75, 3.05) is 39.6 Å². The molecule has 0 aromatic rings. The number of aliphatic hydroxyl groups is 1. The molecule has 522 valence electrons. The van der Waals surface area contributed by atoms with Gasteiger partial charge in [-0.1, -0.05) is 304 Å². The zero-order valence-corrected chi connectivity index (χ0v) is 58.6. The number of aliphatic hydroxyl groups excluding tert-OH is 1. The van der Waals surface area contributed by atoms with Gasteiger partial charge < -0.3 is 33.8 Å². The highest BCUT2D eigenvalue weighted by molar-refractivity contribution is 7.47. The van der Waals surface area contributed by atoms with Gasteiger partial charge in [-0.05, 0) is 31.6 Å². The van der Waals surface area contributed by atoms with Gasteiger partial charge in [0.15, 0.2) is 12.2 Å². The fraction of sp³-hybridized carbons (Fsp3) is 0.942. The average molecular weight is 1300 g/mol. The third kappa shape index (κ3) is 62.8. The monoisotopic (exact) mass is 1300 g/mol. The second kappa shape index (κ2) is 62.5. The summed E-state index contributed by atoms with van der Waals surface area (Å²) < 4.78 is 67.7. The van der Waals surface area contributed by atoms with Crippen LogP contribution in [0.25, 0.3) is 0 Å². The van der Waals surface area contributed by atoms with Gasteiger partial charge in [0.2, 0.25) is 0 Å². The zero-order chi connectivity index (χ0) is 64.9. The van der Waals surface area contributed by atoms with Gasteiger partial charge in [0.1, 0.15) is 19.3 Å². The highest BCUT2D eigenvalue weighted by atomic mass is 31.2. The van der Waals surface area contributed by atoms with Crippen LogP contribution in [-0.2, 0) is 65.4 Å². The van der Waals surface area contributed by atoms with Crippen molar-refractivity contribution < 1.29 is 80.2 Å². The molecule has 5 atom stereocenters. The normalized spacial score (nSPS) is 14.1. The molecule has 0 spiro atoms. The van der Waals surface area contributed by atoms with E-state index in [1.54, 1.807) is 0 Å². The number of unbranched alkanes of at least 4 members (excludes halogenated alkanes) is 41. The molecular weight excluding hydrogens is 1160 g/mol. The van der Waals surface area contributed by atoms with Crippen molar-refractivity contribution in [1.82, 2.24) is 0 Å². The van der Waals surface area contributed by atoms with Crippen LogP contribution in [0.15, 0.2) is 0 Å². The van der Waals surface area contributed by atoms with Crippen molar-refractivity contribution in [3.8, 4) is 0 Å². The Bertz CT molecular complexity index is 1700. The summed E-state index contributed by atoms with van der Waals surface area (Å²) in [7, 11) is -9.87. The first-order valence-corrected chi connectivity index (χ1v) is 39.1. The lowest BCUT2D eigenvalue weighted by Gasteiger charge is -2.21. The van der Waals surface area contributed by atoms with E-state index in [0.29, 0.717) is 25.7 Å². The molecule has 0 aromatic carbocycles. The first-order chi connectivity index (χ1) is 42.5. The Morgan fingerprint density at radius 2 is 0.523 bits per heavy atom. The third-order valence-electron chi connectivity index (χ3n) is 16.0. The maximum atomic E-state index is 13.0. The summed E-state index contributed by atoms with van der Waals surface area (Å²) in [5.41, 5.74) is 0. The molecule has 0 bridgehead atoms. The van der Waals surface area contributed by atoms with Crippen molar-refractivity contribution in [1.29, 1.82) is 0 Å². The number of hydrogen-bond acceptors (Lipinski definition) is 15. The van der Waals surface area contributed by atoms with E-state index in [1.165, 1.54) is 173 Å². The van der Waals surface area contributed by atoms with Crippen molar-refractivity contribution in [2.24, 2.45) is 5.92 Å². The van der Waals surface area contributed by atoms with Gasteiger partial charge in [0.05, 0.1) is 26.4 Å². The van der Waals surface area contributed by atoms with E-state index in [9.17, 15) is 43.2 Å². The summed E-state index contributed by atoms with van der Waals surface area (Å²) in [4.78, 5) is 71.9. The Kier molecular flexibility index (Phi) is 61.1. The minimum atomic E-state index is -4.95. The van der Waals surface area contributed by atoms with Gasteiger partial charge in [0.25, 0.3) is 0 Å². The Hall–Kier alpha value is -1.94. The SMILES string of the molecule is CCCCCCCCCCCCCCCCCCCC(=O)OC[C@H](COP(=O)(O)OC[C@@H](O)COP(=O)(O)OC[C@@H](COC(=O)CCCCCCC)OC(=O)CCCCCCC)OC(=O)CCCCCCCCCCCCCCCCCCCCC(C)C. The van der Waals surface area contributed by atoms with Crippen molar-refractivity contribution in [2.45, 2.75) is 374 Å². The molecule has 2 unspecified atom stereocenters. The molecule has 0 aliphatic rings. The Morgan fingerprint density at radius 3 is 0.773 bits per heavy atom. The molecule has 0 aromatic heterocycles. The molecule has 0 aliphatic heterocycles. The lowest BCUT2D eigenvalue weighted by Crippen LogP contribution is -2.30. The standard InChI is InChI=1S/C69H134O17P2/c1-6-9-12-15-16-17-18-19-20-23-27-30-33-36-39-44-48-53-67(72)80-59-65(86-69(74)55-50-45-40-37-34-31-28-25-22-21-24-26-29-32-35-38-43-46-51-62(4)5)61-84-88(77,78)82-57-63(70)56-81-87(75,76)83-60-64(85-68(73)54-49-42-14-11-8-3)58-79-66(71)52-47-41-13-10-7-2/h62-65,70H,6-61H2,1-5H3,(H,75,76)(H,77,78)/t63-,64+,65+/m0/s1. The summed E-state index contributed by atoms with van der Waals surface area (Å²) in [5, 5.41) is 10.5. The number of ether oxygens (including phenoxy) is 4. The van der Waals surface area contributed by atoms with Crippen LogP contribution in [0, 0.1) is 5.92 Å². The number of phosphoric ester groups is 2. The topological polar surface area (TPSA) is 237 Å². The van der Waals surface area contributed by atoms with Gasteiger partial charge in [-0.15, -0.1) is 0 Å². The van der Waals surface area contributed by atoms with Crippen molar-refractivity contribution >= 4 is 39.5 Å². The van der Waals surface area contributed by atoms with E-state index >= 15 is 0 Å². The lowest BCUT2D eigenvalue weighted by molar-refractivity contribution is -0.161. The number of esters is 4. The van der Waals surface area contributed by atoms with Crippen LogP contribution < -0.4 is 0 Å². The second-order valence-electron chi connectivity index (χ2n) is 25.4. The molecule has 19 heteroatoms. The number of phosphoric acid groups is 2. The predicted octanol–water partition coefficient (Wildman–Crippen LogP) is 19.7. The van der Waals surface area contributed by atoms with Crippen LogP contribution in [0.3, 0.4) is 0 Å². The van der Waals surface area contributed by atoms with Crippen LogP contribution in [-0.4, -0.2) is 96.7 Å². The number of carbonyl (C=O) groups excluding carboxylic acids is 4. The van der Waals surface area contributed by atoms with Crippen molar-refractivity contribution in [3.05, 3.63) is 0 Å². The highest BCUT2D eigenvalue weighted by Crippen LogP contribution is 2.45. The van der Waals surface area contributed by atoms with E-state index in [2.05, 4.69) is 34.6 Å². The van der Waals surface area contributed by atoms with E-state index in [-0.39, 0.29) is 25.7 Å². The van der Waals surface area contributed by atoms with E-state index in [4.69, 9.17) is 37.0 Å². The molecule has 0 aliphatic carbocycles. The molecule has 0 rings (SSSR count). The molecule has 0 saturated heterocycles. The van der Waals surface area contributed by atoms with Crippen LogP contribution in [0.1, 0.15) is 356 Å². The zero-order valence-electron chi connectivity index (χ0n) is 56.9. The van der Waals surface area contributed by atoms with Gasteiger partial charge in [-0.3, -0.25) is 37.3 Å². The van der Waals surface area contributed by atoms with Crippen LogP contribution in [0.5, 0.6) is 0 Å². The molecule has 88 heavy (non-hydrogen) atoms. The molecule has 17 nitrogen and oxygen atoms in total. The number of rotatable bonds is 69. The largest absolute Gasteiger partial charge is 0.472 e. The molecular formula is C69H134O17P2. The first-order valence-electron chi connectivity index (χ1n) is 36.1. The van der Waals surface area contributed by atoms with E-state index < -0.39 is 97.5 Å². The van der Waals surface area contributed by atoms with Crippen LogP contribution in [0.4, 0.5) is 0 Å².